The summed E-state index contributed by atoms with van der Waals surface area (Å²) < 4.78 is 0. The zero-order chi connectivity index (χ0) is 9.10. The van der Waals surface area contributed by atoms with Gasteiger partial charge in [0.2, 0.25) is 0 Å². The summed E-state index contributed by atoms with van der Waals surface area (Å²) in [6.45, 7) is 0. The number of nitrogens with zero attached hydrogens (tertiary/aromatic N) is 3. The van der Waals surface area contributed by atoms with Crippen molar-refractivity contribution in [3.63, 3.8) is 0 Å². The third-order valence-electron chi connectivity index (χ3n) is 1.71. The quantitative estimate of drug-likeness (QED) is 0.702. The summed E-state index contributed by atoms with van der Waals surface area (Å²) in [7, 11) is 0. The van der Waals surface area contributed by atoms with Crippen molar-refractivity contribution in [2.24, 2.45) is 0 Å². The second-order valence-corrected chi connectivity index (χ2v) is 2.53. The average molecular weight is 170 g/mol. The molecule has 2 aromatic heterocycles. The number of aromatic nitrogens is 3. The smallest absolute Gasteiger partial charge is 0.141 e. The van der Waals surface area contributed by atoms with E-state index in [4.69, 9.17) is 5.26 Å². The van der Waals surface area contributed by atoms with Crippen LogP contribution in [0.3, 0.4) is 0 Å². The zero-order valence-electron chi connectivity index (χ0n) is 6.73. The Kier molecular flexibility index (Phi) is 1.77. The molecule has 13 heavy (non-hydrogen) atoms. The second kappa shape index (κ2) is 3.07. The van der Waals surface area contributed by atoms with Gasteiger partial charge < -0.3 is 0 Å². The van der Waals surface area contributed by atoms with Gasteiger partial charge in [0.05, 0.1) is 6.20 Å². The van der Waals surface area contributed by atoms with Gasteiger partial charge in [-0.15, -0.1) is 0 Å². The second-order valence-electron chi connectivity index (χ2n) is 2.53. The first kappa shape index (κ1) is 7.50. The molecule has 2 rings (SSSR count). The van der Waals surface area contributed by atoms with Crippen molar-refractivity contribution in [2.75, 3.05) is 0 Å². The summed E-state index contributed by atoms with van der Waals surface area (Å²) in [6, 6.07) is 5.55. The van der Waals surface area contributed by atoms with Gasteiger partial charge >= 0.3 is 0 Å². The highest BCUT2D eigenvalue weighted by Gasteiger charge is 1.99. The van der Waals surface area contributed by atoms with Crippen molar-refractivity contribution in [1.29, 1.82) is 5.26 Å². The van der Waals surface area contributed by atoms with E-state index in [9.17, 15) is 0 Å². The van der Waals surface area contributed by atoms with Crippen LogP contribution in [0, 0.1) is 11.3 Å². The van der Waals surface area contributed by atoms with Crippen LogP contribution < -0.4 is 0 Å². The van der Waals surface area contributed by atoms with Crippen molar-refractivity contribution >= 4 is 0 Å². The predicted molar refractivity (Wildman–Crippen MR) is 46.5 cm³/mol. The van der Waals surface area contributed by atoms with Crippen LogP contribution in [0.4, 0.5) is 0 Å². The first-order valence-corrected chi connectivity index (χ1v) is 3.75. The molecule has 1 N–H and O–H groups in total. The topological polar surface area (TPSA) is 65.4 Å². The minimum absolute atomic E-state index is 0.415. The molecule has 0 bridgehead atoms. The Balaban J connectivity index is 2.49. The molecule has 0 fully saturated rings. The largest absolute Gasteiger partial charge is 0.285 e. The van der Waals surface area contributed by atoms with Crippen LogP contribution in [-0.4, -0.2) is 15.2 Å². The molecule has 4 nitrogen and oxygen atoms in total. The number of nitriles is 1. The summed E-state index contributed by atoms with van der Waals surface area (Å²) in [5.74, 6) is 0. The number of nitrogens with one attached hydrogen (secondary N) is 1. The number of hydrogen-bond donors (Lipinski definition) is 1. The molecule has 0 amide bonds. The van der Waals surface area contributed by atoms with E-state index in [2.05, 4.69) is 15.2 Å². The van der Waals surface area contributed by atoms with Crippen LogP contribution in [0.15, 0.2) is 30.7 Å². The minimum atomic E-state index is 0.415. The van der Waals surface area contributed by atoms with Crippen molar-refractivity contribution < 1.29 is 0 Å². The van der Waals surface area contributed by atoms with Gasteiger partial charge in [0.1, 0.15) is 11.8 Å². The van der Waals surface area contributed by atoms with Gasteiger partial charge in [0.25, 0.3) is 0 Å². The lowest BCUT2D eigenvalue weighted by molar-refractivity contribution is 1.09. The molecular weight excluding hydrogens is 164 g/mol. The fourth-order valence-corrected chi connectivity index (χ4v) is 1.08. The lowest BCUT2D eigenvalue weighted by atomic mass is 10.1. The van der Waals surface area contributed by atoms with Crippen molar-refractivity contribution in [1.82, 2.24) is 15.2 Å². The van der Waals surface area contributed by atoms with Gasteiger partial charge in [-0.1, -0.05) is 0 Å². The molecule has 0 spiro atoms. The van der Waals surface area contributed by atoms with Crippen LogP contribution in [-0.2, 0) is 0 Å². The summed E-state index contributed by atoms with van der Waals surface area (Å²) in [4.78, 5) is 3.88. The molecule has 4 heteroatoms. The molecule has 2 aromatic rings. The molecular formula is C9H6N4. The van der Waals surface area contributed by atoms with Crippen LogP contribution in [0.1, 0.15) is 5.69 Å². The zero-order valence-corrected chi connectivity index (χ0v) is 6.73. The Morgan fingerprint density at radius 2 is 2.31 bits per heavy atom. The van der Waals surface area contributed by atoms with Crippen molar-refractivity contribution in [3.8, 4) is 17.2 Å². The van der Waals surface area contributed by atoms with Gasteiger partial charge in [-0.3, -0.25) is 5.10 Å². The summed E-state index contributed by atoms with van der Waals surface area (Å²) in [5.41, 5.74) is 2.32. The minimum Gasteiger partial charge on any atom is -0.285 e. The SMILES string of the molecule is N#Cc1cc(-c2cn[nH]c2)ccn1. The van der Waals surface area contributed by atoms with E-state index in [0.717, 1.165) is 11.1 Å². The standard InChI is InChI=1S/C9H6N4/c10-4-9-3-7(1-2-11-9)8-5-12-13-6-8/h1-3,5-6H,(H,12,13). The Hall–Kier alpha value is -2.15. The van der Waals surface area contributed by atoms with Gasteiger partial charge in [-0.25, -0.2) is 4.98 Å². The first-order valence-electron chi connectivity index (χ1n) is 3.75. The van der Waals surface area contributed by atoms with E-state index in [-0.39, 0.29) is 0 Å². The molecule has 0 saturated heterocycles. The Morgan fingerprint density at radius 3 is 3.00 bits per heavy atom. The lowest BCUT2D eigenvalue weighted by Crippen LogP contribution is -1.82. The Morgan fingerprint density at radius 1 is 1.38 bits per heavy atom. The maximum Gasteiger partial charge on any atom is 0.141 e. The highest BCUT2D eigenvalue weighted by atomic mass is 15.1. The number of pyridine rings is 1. The van der Waals surface area contributed by atoms with Gasteiger partial charge in [-0.05, 0) is 17.7 Å². The Labute approximate surface area is 74.9 Å². The summed E-state index contributed by atoms with van der Waals surface area (Å²) >= 11 is 0. The summed E-state index contributed by atoms with van der Waals surface area (Å²) in [6.07, 6.45) is 5.09. The highest BCUT2D eigenvalue weighted by Crippen LogP contribution is 2.16. The molecule has 0 aliphatic rings. The first-order chi connectivity index (χ1) is 6.40. The monoisotopic (exact) mass is 170 g/mol. The molecule has 0 saturated carbocycles. The third-order valence-corrected chi connectivity index (χ3v) is 1.71. The lowest BCUT2D eigenvalue weighted by Gasteiger charge is -1.94. The van der Waals surface area contributed by atoms with Crippen molar-refractivity contribution in [2.45, 2.75) is 0 Å². The average Bonchev–Trinajstić information content (AvgIpc) is 2.71. The van der Waals surface area contributed by atoms with Gasteiger partial charge in [-0.2, -0.15) is 10.4 Å². The normalized spacial score (nSPS) is 9.46. The van der Waals surface area contributed by atoms with Gasteiger partial charge in [0, 0.05) is 18.0 Å². The van der Waals surface area contributed by atoms with E-state index >= 15 is 0 Å². The number of aromatic amines is 1. The van der Waals surface area contributed by atoms with E-state index in [1.807, 2.05) is 12.1 Å². The number of rotatable bonds is 1. The van der Waals surface area contributed by atoms with E-state index in [1.165, 1.54) is 0 Å². The predicted octanol–water partition coefficient (Wildman–Crippen LogP) is 1.34. The number of H-pyrrole nitrogens is 1. The molecule has 0 unspecified atom stereocenters. The molecule has 0 aromatic carbocycles. The molecule has 2 heterocycles. The fourth-order valence-electron chi connectivity index (χ4n) is 1.08. The molecule has 0 aliphatic carbocycles. The maximum absolute atomic E-state index is 8.62. The summed E-state index contributed by atoms with van der Waals surface area (Å²) in [5, 5.41) is 15.2. The van der Waals surface area contributed by atoms with Crippen LogP contribution in [0.2, 0.25) is 0 Å². The fraction of sp³-hybridized carbons (Fsp3) is 0. The highest BCUT2D eigenvalue weighted by molar-refractivity contribution is 5.62. The van der Waals surface area contributed by atoms with Crippen LogP contribution >= 0.6 is 0 Å². The van der Waals surface area contributed by atoms with E-state index in [0.29, 0.717) is 5.69 Å². The van der Waals surface area contributed by atoms with E-state index < -0.39 is 0 Å². The van der Waals surface area contributed by atoms with E-state index in [1.54, 1.807) is 24.7 Å². The molecule has 0 atom stereocenters. The van der Waals surface area contributed by atoms with Crippen LogP contribution in [0.25, 0.3) is 11.1 Å². The van der Waals surface area contributed by atoms with Crippen LogP contribution in [0.5, 0.6) is 0 Å². The third kappa shape index (κ3) is 1.40. The maximum atomic E-state index is 8.62. The van der Waals surface area contributed by atoms with Gasteiger partial charge in [0.15, 0.2) is 0 Å². The molecule has 62 valence electrons. The molecule has 0 radical (unpaired) electrons. The number of hydrogen-bond acceptors (Lipinski definition) is 3. The molecule has 0 aliphatic heterocycles. The van der Waals surface area contributed by atoms with Crippen molar-refractivity contribution in [3.05, 3.63) is 36.4 Å². The Bertz CT molecular complexity index is 439.